The van der Waals surface area contributed by atoms with Crippen LogP contribution in [0.15, 0.2) is 12.3 Å². The van der Waals surface area contributed by atoms with Crippen molar-refractivity contribution in [2.75, 3.05) is 52.9 Å². The molecule has 6 nitrogen and oxygen atoms in total. The van der Waals surface area contributed by atoms with Crippen LogP contribution in [0.25, 0.3) is 0 Å². The van der Waals surface area contributed by atoms with E-state index >= 15 is 0 Å². The largest absolute Gasteiger partial charge is 0.467 e. The molecule has 0 aliphatic carbocycles. The minimum Gasteiger partial charge on any atom is -0.467 e. The molecule has 0 unspecified atom stereocenters. The average molecular weight is 291 g/mol. The van der Waals surface area contributed by atoms with Crippen LogP contribution in [0.2, 0.25) is 0 Å². The van der Waals surface area contributed by atoms with E-state index in [4.69, 9.17) is 4.74 Å². The second-order valence-electron chi connectivity index (χ2n) is 5.85. The molecule has 0 bridgehead atoms. The number of rotatable bonds is 5. The number of hydrogen-bond donors (Lipinski definition) is 0. The molecule has 0 spiro atoms. The number of aromatic nitrogens is 2. The molecule has 1 aromatic heterocycles. The molecule has 0 saturated carbocycles. The number of hydrogen-bond acceptors (Lipinski definition) is 6. The molecule has 21 heavy (non-hydrogen) atoms. The zero-order valence-corrected chi connectivity index (χ0v) is 13.0. The first kappa shape index (κ1) is 14.7. The Kier molecular flexibility index (Phi) is 4.67. The summed E-state index contributed by atoms with van der Waals surface area (Å²) in [5, 5.41) is 0. The molecule has 0 aromatic carbocycles. The van der Waals surface area contributed by atoms with E-state index in [-0.39, 0.29) is 0 Å². The molecule has 2 saturated heterocycles. The van der Waals surface area contributed by atoms with Crippen LogP contribution in [0.4, 0.5) is 0 Å². The van der Waals surface area contributed by atoms with E-state index in [1.807, 2.05) is 6.07 Å². The van der Waals surface area contributed by atoms with Crippen LogP contribution in [-0.4, -0.2) is 83.6 Å². The lowest BCUT2D eigenvalue weighted by Crippen LogP contribution is -2.62. The van der Waals surface area contributed by atoms with Crippen LogP contribution in [0, 0.1) is 0 Å². The summed E-state index contributed by atoms with van der Waals surface area (Å²) in [5.74, 6) is 0. The normalized spacial score (nSPS) is 22.2. The summed E-state index contributed by atoms with van der Waals surface area (Å²) in [4.78, 5) is 16.0. The number of piperazine rings is 1. The van der Waals surface area contributed by atoms with Gasteiger partial charge in [-0.05, 0) is 12.6 Å². The highest BCUT2D eigenvalue weighted by Gasteiger charge is 2.33. The van der Waals surface area contributed by atoms with Crippen LogP contribution < -0.4 is 4.74 Å². The molecule has 2 aliphatic rings. The van der Waals surface area contributed by atoms with Gasteiger partial charge in [-0.2, -0.15) is 4.98 Å². The molecule has 0 amide bonds. The zero-order chi connectivity index (χ0) is 14.7. The summed E-state index contributed by atoms with van der Waals surface area (Å²) in [6.45, 7) is 11.5. The Morgan fingerprint density at radius 1 is 1.19 bits per heavy atom. The molecule has 3 rings (SSSR count). The Balaban J connectivity index is 1.43. The molecule has 0 N–H and O–H groups in total. The van der Waals surface area contributed by atoms with Gasteiger partial charge in [-0.3, -0.25) is 9.80 Å². The Bertz CT molecular complexity index is 455. The number of likely N-dealkylation sites (N-methyl/N-ethyl adjacent to an activating group) is 1. The van der Waals surface area contributed by atoms with Crippen molar-refractivity contribution in [3.8, 4) is 6.01 Å². The first-order valence-corrected chi connectivity index (χ1v) is 7.83. The van der Waals surface area contributed by atoms with E-state index in [0.29, 0.717) is 6.01 Å². The third-order valence-corrected chi connectivity index (χ3v) is 4.57. The summed E-state index contributed by atoms with van der Waals surface area (Å²) < 4.78 is 5.07. The van der Waals surface area contributed by atoms with Crippen LogP contribution in [0.1, 0.15) is 12.6 Å². The van der Waals surface area contributed by atoms with E-state index in [1.54, 1.807) is 13.3 Å². The van der Waals surface area contributed by atoms with Gasteiger partial charge >= 0.3 is 6.01 Å². The third kappa shape index (κ3) is 3.51. The molecule has 6 heteroatoms. The molecular weight excluding hydrogens is 266 g/mol. The number of methoxy groups -OCH3 is 1. The highest BCUT2D eigenvalue weighted by atomic mass is 16.5. The fourth-order valence-corrected chi connectivity index (χ4v) is 3.14. The van der Waals surface area contributed by atoms with E-state index in [2.05, 4.69) is 31.6 Å². The Morgan fingerprint density at radius 3 is 2.62 bits per heavy atom. The van der Waals surface area contributed by atoms with Crippen molar-refractivity contribution in [1.82, 2.24) is 24.7 Å². The van der Waals surface area contributed by atoms with Gasteiger partial charge in [0.1, 0.15) is 0 Å². The zero-order valence-electron chi connectivity index (χ0n) is 13.0. The second-order valence-corrected chi connectivity index (χ2v) is 5.85. The molecule has 1 aromatic rings. The maximum absolute atomic E-state index is 5.07. The van der Waals surface area contributed by atoms with Gasteiger partial charge < -0.3 is 9.64 Å². The monoisotopic (exact) mass is 291 g/mol. The van der Waals surface area contributed by atoms with E-state index in [1.165, 1.54) is 32.7 Å². The van der Waals surface area contributed by atoms with Gasteiger partial charge in [0.25, 0.3) is 0 Å². The lowest BCUT2D eigenvalue weighted by atomic mass is 10.1. The summed E-state index contributed by atoms with van der Waals surface area (Å²) in [6.07, 6.45) is 1.77. The standard InChI is InChI=1S/C15H25N5O/c1-3-18-6-8-20(9-7-18)14-11-19(12-14)10-13-4-5-16-15(17-13)21-2/h4-5,14H,3,6-12H2,1-2H3. The summed E-state index contributed by atoms with van der Waals surface area (Å²) in [6, 6.07) is 3.16. The third-order valence-electron chi connectivity index (χ3n) is 4.57. The van der Waals surface area contributed by atoms with Gasteiger partial charge in [0, 0.05) is 58.1 Å². The molecule has 2 aliphatic heterocycles. The molecule has 3 heterocycles. The Labute approximate surface area is 126 Å². The Morgan fingerprint density at radius 2 is 1.95 bits per heavy atom. The lowest BCUT2D eigenvalue weighted by Gasteiger charge is -2.48. The van der Waals surface area contributed by atoms with Crippen molar-refractivity contribution in [2.24, 2.45) is 0 Å². The number of nitrogens with zero attached hydrogens (tertiary/aromatic N) is 5. The lowest BCUT2D eigenvalue weighted by molar-refractivity contribution is 0.00150. The smallest absolute Gasteiger partial charge is 0.316 e. The highest BCUT2D eigenvalue weighted by molar-refractivity contribution is 5.06. The van der Waals surface area contributed by atoms with Crippen molar-refractivity contribution in [1.29, 1.82) is 0 Å². The number of likely N-dealkylation sites (tertiary alicyclic amines) is 1. The molecule has 0 radical (unpaired) electrons. The van der Waals surface area contributed by atoms with Gasteiger partial charge in [0.15, 0.2) is 0 Å². The molecular formula is C15H25N5O. The minimum absolute atomic E-state index is 0.459. The predicted octanol–water partition coefficient (Wildman–Crippen LogP) is 0.307. The maximum Gasteiger partial charge on any atom is 0.316 e. The van der Waals surface area contributed by atoms with Gasteiger partial charge in [-0.15, -0.1) is 0 Å². The van der Waals surface area contributed by atoms with Crippen molar-refractivity contribution in [2.45, 2.75) is 19.5 Å². The van der Waals surface area contributed by atoms with Crippen LogP contribution in [-0.2, 0) is 6.54 Å². The Hall–Kier alpha value is -1.24. The maximum atomic E-state index is 5.07. The fourth-order valence-electron chi connectivity index (χ4n) is 3.14. The quantitative estimate of drug-likeness (QED) is 0.778. The molecule has 2 fully saturated rings. The molecule has 0 atom stereocenters. The summed E-state index contributed by atoms with van der Waals surface area (Å²) in [7, 11) is 1.61. The van der Waals surface area contributed by atoms with Gasteiger partial charge in [0.05, 0.1) is 12.8 Å². The summed E-state index contributed by atoms with van der Waals surface area (Å²) in [5.41, 5.74) is 1.04. The summed E-state index contributed by atoms with van der Waals surface area (Å²) >= 11 is 0. The van der Waals surface area contributed by atoms with Gasteiger partial charge in [0.2, 0.25) is 0 Å². The first-order valence-electron chi connectivity index (χ1n) is 7.83. The fraction of sp³-hybridized carbons (Fsp3) is 0.733. The van der Waals surface area contributed by atoms with Crippen LogP contribution in [0.3, 0.4) is 0 Å². The minimum atomic E-state index is 0.459. The van der Waals surface area contributed by atoms with Crippen molar-refractivity contribution >= 4 is 0 Å². The second kappa shape index (κ2) is 6.68. The topological polar surface area (TPSA) is 44.7 Å². The number of ether oxygens (including phenoxy) is 1. The van der Waals surface area contributed by atoms with Crippen molar-refractivity contribution < 1.29 is 4.74 Å². The van der Waals surface area contributed by atoms with E-state index < -0.39 is 0 Å². The first-order chi connectivity index (χ1) is 10.3. The predicted molar refractivity (Wildman–Crippen MR) is 81.3 cm³/mol. The van der Waals surface area contributed by atoms with E-state index in [9.17, 15) is 0 Å². The van der Waals surface area contributed by atoms with Gasteiger partial charge in [-0.1, -0.05) is 6.92 Å². The van der Waals surface area contributed by atoms with Crippen molar-refractivity contribution in [3.63, 3.8) is 0 Å². The van der Waals surface area contributed by atoms with Crippen LogP contribution >= 0.6 is 0 Å². The molecule has 116 valence electrons. The average Bonchev–Trinajstić information content (AvgIpc) is 2.51. The SMILES string of the molecule is CCN1CCN(C2CN(Cc3ccnc(OC)n3)C2)CC1. The van der Waals surface area contributed by atoms with Crippen molar-refractivity contribution in [3.05, 3.63) is 18.0 Å². The van der Waals surface area contributed by atoms with Crippen LogP contribution in [0.5, 0.6) is 6.01 Å². The van der Waals surface area contributed by atoms with E-state index in [0.717, 1.165) is 31.4 Å². The van der Waals surface area contributed by atoms with Gasteiger partial charge in [-0.25, -0.2) is 4.98 Å². The highest BCUT2D eigenvalue weighted by Crippen LogP contribution is 2.19.